The van der Waals surface area contributed by atoms with Gasteiger partial charge in [-0.05, 0) is 34.6 Å². The van der Waals surface area contributed by atoms with E-state index >= 15 is 0 Å². The van der Waals surface area contributed by atoms with Crippen LogP contribution in [0.5, 0.6) is 0 Å². The molecule has 4 heteroatoms. The molecular weight excluding hydrogens is 293 g/mol. The van der Waals surface area contributed by atoms with Gasteiger partial charge in [0.15, 0.2) is 0 Å². The quantitative estimate of drug-likeness (QED) is 0.488. The molecular formula is C10H11INO2. The summed E-state index contributed by atoms with van der Waals surface area (Å²) in [6.07, 6.45) is 1.90. The van der Waals surface area contributed by atoms with Crippen molar-refractivity contribution < 1.29 is 4.92 Å². The van der Waals surface area contributed by atoms with Gasteiger partial charge in [-0.25, -0.2) is 0 Å². The number of rotatable bonds is 3. The third-order valence-corrected chi connectivity index (χ3v) is 2.37. The van der Waals surface area contributed by atoms with Crippen LogP contribution in [0.25, 0.3) is 0 Å². The molecule has 0 N–H and O–H groups in total. The third-order valence-electron chi connectivity index (χ3n) is 1.70. The summed E-state index contributed by atoms with van der Waals surface area (Å²) in [6.45, 7) is 4.00. The molecule has 0 amide bonds. The molecule has 1 aromatic rings. The summed E-state index contributed by atoms with van der Waals surface area (Å²) in [5.41, 5.74) is 0.885. The van der Waals surface area contributed by atoms with Gasteiger partial charge in [0.25, 0.3) is 5.69 Å². The van der Waals surface area contributed by atoms with Gasteiger partial charge in [-0.15, -0.1) is 0 Å². The molecule has 14 heavy (non-hydrogen) atoms. The van der Waals surface area contributed by atoms with E-state index in [4.69, 9.17) is 0 Å². The van der Waals surface area contributed by atoms with Crippen molar-refractivity contribution in [1.29, 1.82) is 0 Å². The zero-order valence-electron chi connectivity index (χ0n) is 8.03. The van der Waals surface area contributed by atoms with Crippen LogP contribution in [0, 0.1) is 26.0 Å². The van der Waals surface area contributed by atoms with Crippen molar-refractivity contribution in [2.24, 2.45) is 5.92 Å². The van der Waals surface area contributed by atoms with Gasteiger partial charge in [0, 0.05) is 21.6 Å². The molecule has 0 unspecified atom stereocenters. The zero-order chi connectivity index (χ0) is 10.7. The predicted octanol–water partition coefficient (Wildman–Crippen LogP) is 3.41. The van der Waals surface area contributed by atoms with Crippen LogP contribution >= 0.6 is 22.6 Å². The van der Waals surface area contributed by atoms with Crippen molar-refractivity contribution in [2.75, 3.05) is 0 Å². The Morgan fingerprint density at radius 1 is 1.50 bits per heavy atom. The van der Waals surface area contributed by atoms with Crippen LogP contribution in [0.15, 0.2) is 18.2 Å². The first-order valence-corrected chi connectivity index (χ1v) is 5.37. The molecule has 3 nitrogen and oxygen atoms in total. The van der Waals surface area contributed by atoms with Crippen molar-refractivity contribution in [2.45, 2.75) is 13.8 Å². The molecule has 1 rings (SSSR count). The second-order valence-corrected chi connectivity index (χ2v) is 4.62. The third kappa shape index (κ3) is 2.94. The molecule has 1 radical (unpaired) electrons. The highest BCUT2D eigenvalue weighted by molar-refractivity contribution is 14.1. The van der Waals surface area contributed by atoms with E-state index in [9.17, 15) is 10.1 Å². The van der Waals surface area contributed by atoms with Crippen LogP contribution in [0.1, 0.15) is 19.4 Å². The lowest BCUT2D eigenvalue weighted by atomic mass is 10.0. The van der Waals surface area contributed by atoms with E-state index in [0.29, 0.717) is 11.5 Å². The number of nitrogens with zero attached hydrogens (tertiary/aromatic N) is 1. The van der Waals surface area contributed by atoms with E-state index in [1.807, 2.05) is 26.3 Å². The Bertz CT molecular complexity index is 350. The van der Waals surface area contributed by atoms with Gasteiger partial charge in [0.2, 0.25) is 0 Å². The smallest absolute Gasteiger partial charge is 0.258 e. The molecule has 0 spiro atoms. The molecule has 1 aromatic carbocycles. The first-order valence-electron chi connectivity index (χ1n) is 4.29. The Balaban J connectivity index is 3.08. The fourth-order valence-electron chi connectivity index (χ4n) is 1.17. The van der Waals surface area contributed by atoms with Crippen LogP contribution in [-0.4, -0.2) is 4.92 Å². The maximum atomic E-state index is 10.7. The Labute approximate surface area is 96.8 Å². The lowest BCUT2D eigenvalue weighted by Gasteiger charge is -2.05. The van der Waals surface area contributed by atoms with E-state index in [1.54, 1.807) is 12.1 Å². The van der Waals surface area contributed by atoms with Crippen LogP contribution in [0.2, 0.25) is 0 Å². The predicted molar refractivity (Wildman–Crippen MR) is 64.1 cm³/mol. The molecule has 0 aromatic heterocycles. The number of nitro benzene ring substituents is 1. The molecule has 75 valence electrons. The van der Waals surface area contributed by atoms with Crippen LogP contribution < -0.4 is 0 Å². The monoisotopic (exact) mass is 304 g/mol. The summed E-state index contributed by atoms with van der Waals surface area (Å²) in [5.74, 6) is 0.314. The minimum atomic E-state index is -0.337. The van der Waals surface area contributed by atoms with Crippen LogP contribution in [0.4, 0.5) is 5.69 Å². The minimum Gasteiger partial charge on any atom is -0.258 e. The van der Waals surface area contributed by atoms with Crippen LogP contribution in [0.3, 0.4) is 0 Å². The molecule has 0 fully saturated rings. The Kier molecular flexibility index (Phi) is 3.86. The first kappa shape index (κ1) is 11.4. The second kappa shape index (κ2) is 4.72. The highest BCUT2D eigenvalue weighted by atomic mass is 127. The lowest BCUT2D eigenvalue weighted by Crippen LogP contribution is -1.98. The lowest BCUT2D eigenvalue weighted by molar-refractivity contribution is -0.385. The van der Waals surface area contributed by atoms with Gasteiger partial charge in [-0.1, -0.05) is 19.9 Å². The summed E-state index contributed by atoms with van der Waals surface area (Å²) in [5, 5.41) is 10.7. The molecule has 0 saturated carbocycles. The topological polar surface area (TPSA) is 43.1 Å². The largest absolute Gasteiger partial charge is 0.273 e. The van der Waals surface area contributed by atoms with Gasteiger partial charge < -0.3 is 0 Å². The number of benzene rings is 1. The van der Waals surface area contributed by atoms with E-state index in [-0.39, 0.29) is 10.6 Å². The average molecular weight is 304 g/mol. The fourth-order valence-corrected chi connectivity index (χ4v) is 1.65. The summed E-state index contributed by atoms with van der Waals surface area (Å²) in [6, 6.07) is 5.26. The summed E-state index contributed by atoms with van der Waals surface area (Å²) < 4.78 is 0.884. The minimum absolute atomic E-state index is 0.186. The Morgan fingerprint density at radius 2 is 2.14 bits per heavy atom. The van der Waals surface area contributed by atoms with Gasteiger partial charge >= 0.3 is 0 Å². The number of hydrogen-bond acceptors (Lipinski definition) is 2. The van der Waals surface area contributed by atoms with Gasteiger partial charge in [-0.3, -0.25) is 10.1 Å². The average Bonchev–Trinajstić information content (AvgIpc) is 2.07. The van der Waals surface area contributed by atoms with Crippen molar-refractivity contribution in [3.63, 3.8) is 0 Å². The zero-order valence-corrected chi connectivity index (χ0v) is 10.2. The van der Waals surface area contributed by atoms with E-state index in [0.717, 1.165) is 3.57 Å². The van der Waals surface area contributed by atoms with Crippen molar-refractivity contribution in [1.82, 2.24) is 0 Å². The fraction of sp³-hybridized carbons (Fsp3) is 0.300. The maximum absolute atomic E-state index is 10.7. The van der Waals surface area contributed by atoms with E-state index in [2.05, 4.69) is 22.6 Å². The van der Waals surface area contributed by atoms with E-state index < -0.39 is 0 Å². The maximum Gasteiger partial charge on any atom is 0.273 e. The highest BCUT2D eigenvalue weighted by Crippen LogP contribution is 2.24. The van der Waals surface area contributed by atoms with Crippen molar-refractivity contribution in [3.8, 4) is 0 Å². The SMILES string of the molecule is CC(C)[CH]c1ccc(I)cc1[N+](=O)[O-]. The van der Waals surface area contributed by atoms with Crippen LogP contribution in [-0.2, 0) is 0 Å². The Morgan fingerprint density at radius 3 is 2.64 bits per heavy atom. The molecule has 0 aliphatic heterocycles. The van der Waals surface area contributed by atoms with Crippen molar-refractivity contribution in [3.05, 3.63) is 43.9 Å². The first-order chi connectivity index (χ1) is 6.50. The summed E-state index contributed by atoms with van der Waals surface area (Å²) in [7, 11) is 0. The van der Waals surface area contributed by atoms with E-state index in [1.165, 1.54) is 0 Å². The molecule has 0 atom stereocenters. The normalized spacial score (nSPS) is 10.6. The van der Waals surface area contributed by atoms with Gasteiger partial charge in [0.05, 0.1) is 4.92 Å². The second-order valence-electron chi connectivity index (χ2n) is 3.37. The highest BCUT2D eigenvalue weighted by Gasteiger charge is 2.14. The van der Waals surface area contributed by atoms with Gasteiger partial charge in [-0.2, -0.15) is 0 Å². The number of hydrogen-bond donors (Lipinski definition) is 0. The molecule has 0 saturated heterocycles. The molecule has 0 bridgehead atoms. The summed E-state index contributed by atoms with van der Waals surface area (Å²) >= 11 is 2.07. The molecule has 0 heterocycles. The van der Waals surface area contributed by atoms with Gasteiger partial charge in [0.1, 0.15) is 0 Å². The Hall–Kier alpha value is -0.650. The van der Waals surface area contributed by atoms with Crippen molar-refractivity contribution >= 4 is 28.3 Å². The standard InChI is InChI=1S/C10H11INO2/c1-7(2)5-8-3-4-9(11)6-10(8)12(13)14/h3-7H,1-2H3. The molecule has 0 aliphatic carbocycles. The number of halogens is 1. The summed E-state index contributed by atoms with van der Waals surface area (Å²) in [4.78, 5) is 10.4. The molecule has 0 aliphatic rings. The number of nitro groups is 1.